The first-order valence-electron chi connectivity index (χ1n) is 7.85. The molecule has 0 bridgehead atoms. The van der Waals surface area contributed by atoms with Crippen molar-refractivity contribution in [2.45, 2.75) is 36.6 Å². The molecule has 1 aromatic carbocycles. The second-order valence-corrected chi connectivity index (χ2v) is 7.99. The van der Waals surface area contributed by atoms with E-state index in [2.05, 4.69) is 10.2 Å². The molecule has 1 atom stereocenters. The summed E-state index contributed by atoms with van der Waals surface area (Å²) in [5, 5.41) is 11.9. The van der Waals surface area contributed by atoms with Crippen molar-refractivity contribution in [2.24, 2.45) is 0 Å². The summed E-state index contributed by atoms with van der Waals surface area (Å²) in [7, 11) is -3.23. The van der Waals surface area contributed by atoms with Gasteiger partial charge < -0.3 is 10.4 Å². The smallest absolute Gasteiger partial charge is 0.238 e. The lowest BCUT2D eigenvalue weighted by Crippen LogP contribution is -2.44. The molecule has 7 heteroatoms. The van der Waals surface area contributed by atoms with Crippen LogP contribution in [0.4, 0.5) is 5.69 Å². The van der Waals surface area contributed by atoms with Crippen molar-refractivity contribution in [1.29, 1.82) is 0 Å². The maximum absolute atomic E-state index is 12.2. The molecular weight excluding hydrogens is 316 g/mol. The van der Waals surface area contributed by atoms with E-state index in [4.69, 9.17) is 5.11 Å². The molecule has 0 aliphatic carbocycles. The van der Waals surface area contributed by atoms with Crippen LogP contribution in [0, 0.1) is 0 Å². The van der Waals surface area contributed by atoms with Gasteiger partial charge in [0.05, 0.1) is 11.4 Å². The van der Waals surface area contributed by atoms with Crippen LogP contribution in [0.2, 0.25) is 0 Å². The Hall–Kier alpha value is -1.44. The summed E-state index contributed by atoms with van der Waals surface area (Å²) in [4.78, 5) is 14.5. The number of sulfone groups is 1. The van der Waals surface area contributed by atoms with Crippen molar-refractivity contribution in [3.63, 3.8) is 0 Å². The first-order chi connectivity index (χ1) is 10.9. The summed E-state index contributed by atoms with van der Waals surface area (Å²) >= 11 is 0. The standard InChI is InChI=1S/C16H24N2O4S/c1-23(21,22)15-7-5-13(6-8-15)17-16(20)12-18-10-3-2-4-14(18)9-11-19/h5-8,14,19H,2-4,9-12H2,1H3,(H,17,20)/t14-/m1/s1. The molecule has 1 heterocycles. The topological polar surface area (TPSA) is 86.7 Å². The van der Waals surface area contributed by atoms with Crippen LogP contribution in [0.1, 0.15) is 25.7 Å². The minimum absolute atomic E-state index is 0.123. The highest BCUT2D eigenvalue weighted by Gasteiger charge is 2.23. The van der Waals surface area contributed by atoms with Gasteiger partial charge >= 0.3 is 0 Å². The fourth-order valence-corrected chi connectivity index (χ4v) is 3.55. The van der Waals surface area contributed by atoms with Crippen molar-refractivity contribution in [3.05, 3.63) is 24.3 Å². The predicted molar refractivity (Wildman–Crippen MR) is 89.1 cm³/mol. The lowest BCUT2D eigenvalue weighted by atomic mass is 10.00. The molecule has 2 rings (SSSR count). The molecule has 1 fully saturated rings. The number of aliphatic hydroxyl groups is 1. The largest absolute Gasteiger partial charge is 0.396 e. The summed E-state index contributed by atoms with van der Waals surface area (Å²) in [6.07, 6.45) is 5.06. The van der Waals surface area contributed by atoms with Crippen LogP contribution in [0.3, 0.4) is 0 Å². The van der Waals surface area contributed by atoms with Gasteiger partial charge in [-0.05, 0) is 50.1 Å². The third-order valence-electron chi connectivity index (χ3n) is 4.12. The summed E-state index contributed by atoms with van der Waals surface area (Å²) in [5.74, 6) is -0.123. The van der Waals surface area contributed by atoms with Gasteiger partial charge in [-0.2, -0.15) is 0 Å². The molecule has 1 aliphatic rings. The van der Waals surface area contributed by atoms with Gasteiger partial charge in [0, 0.05) is 24.6 Å². The number of aliphatic hydroxyl groups excluding tert-OH is 1. The van der Waals surface area contributed by atoms with E-state index in [0.29, 0.717) is 18.7 Å². The maximum Gasteiger partial charge on any atom is 0.238 e. The molecule has 0 radical (unpaired) electrons. The van der Waals surface area contributed by atoms with Crippen LogP contribution in [0.5, 0.6) is 0 Å². The van der Waals surface area contributed by atoms with Crippen LogP contribution in [0.15, 0.2) is 29.2 Å². The number of likely N-dealkylation sites (tertiary alicyclic amines) is 1. The lowest BCUT2D eigenvalue weighted by Gasteiger charge is -2.34. The van der Waals surface area contributed by atoms with E-state index in [1.54, 1.807) is 12.1 Å². The molecule has 1 amide bonds. The van der Waals surface area contributed by atoms with E-state index in [9.17, 15) is 13.2 Å². The molecule has 0 saturated carbocycles. The van der Waals surface area contributed by atoms with E-state index in [-0.39, 0.29) is 23.5 Å². The van der Waals surface area contributed by atoms with Gasteiger partial charge in [0.25, 0.3) is 0 Å². The first kappa shape index (κ1) is 17.9. The number of carbonyl (C=O) groups is 1. The van der Waals surface area contributed by atoms with E-state index < -0.39 is 9.84 Å². The molecule has 0 spiro atoms. The fourth-order valence-electron chi connectivity index (χ4n) is 2.91. The van der Waals surface area contributed by atoms with Gasteiger partial charge in [0.2, 0.25) is 5.91 Å². The first-order valence-corrected chi connectivity index (χ1v) is 9.74. The van der Waals surface area contributed by atoms with Crippen molar-refractivity contribution < 1.29 is 18.3 Å². The number of rotatable bonds is 6. The third-order valence-corrected chi connectivity index (χ3v) is 5.25. The van der Waals surface area contributed by atoms with Crippen molar-refractivity contribution in [2.75, 3.05) is 31.3 Å². The van der Waals surface area contributed by atoms with Crippen molar-refractivity contribution >= 4 is 21.4 Å². The number of benzene rings is 1. The summed E-state index contributed by atoms with van der Waals surface area (Å²) in [6.45, 7) is 1.29. The van der Waals surface area contributed by atoms with Crippen molar-refractivity contribution in [1.82, 2.24) is 4.90 Å². The summed E-state index contributed by atoms with van der Waals surface area (Å²) in [5.41, 5.74) is 0.582. The lowest BCUT2D eigenvalue weighted by molar-refractivity contribution is -0.118. The van der Waals surface area contributed by atoms with Gasteiger partial charge in [-0.15, -0.1) is 0 Å². The number of nitrogens with one attached hydrogen (secondary N) is 1. The van der Waals surface area contributed by atoms with Crippen LogP contribution < -0.4 is 5.32 Å². The summed E-state index contributed by atoms with van der Waals surface area (Å²) < 4.78 is 22.8. The number of amides is 1. The maximum atomic E-state index is 12.2. The van der Waals surface area contributed by atoms with E-state index in [1.165, 1.54) is 12.1 Å². The highest BCUT2D eigenvalue weighted by Crippen LogP contribution is 2.19. The highest BCUT2D eigenvalue weighted by molar-refractivity contribution is 7.90. The van der Waals surface area contributed by atoms with Crippen LogP contribution in [-0.2, 0) is 14.6 Å². The van der Waals surface area contributed by atoms with Crippen LogP contribution in [0.25, 0.3) is 0 Å². The average molecular weight is 340 g/mol. The quantitative estimate of drug-likeness (QED) is 0.814. The number of anilines is 1. The number of piperidine rings is 1. The molecule has 1 aromatic rings. The van der Waals surface area contributed by atoms with Crippen LogP contribution >= 0.6 is 0 Å². The Kier molecular flexibility index (Phi) is 6.15. The average Bonchev–Trinajstić information content (AvgIpc) is 2.49. The van der Waals surface area contributed by atoms with Gasteiger partial charge in [-0.1, -0.05) is 6.42 Å². The molecule has 1 aliphatic heterocycles. The van der Waals surface area contributed by atoms with E-state index >= 15 is 0 Å². The second-order valence-electron chi connectivity index (χ2n) is 5.98. The van der Waals surface area contributed by atoms with E-state index in [1.807, 2.05) is 0 Å². The molecule has 0 unspecified atom stereocenters. The molecule has 2 N–H and O–H groups in total. The summed E-state index contributed by atoms with van der Waals surface area (Å²) in [6, 6.07) is 6.42. The Morgan fingerprint density at radius 2 is 2.00 bits per heavy atom. The zero-order chi connectivity index (χ0) is 16.9. The van der Waals surface area contributed by atoms with Gasteiger partial charge in [0.15, 0.2) is 9.84 Å². The number of carbonyl (C=O) groups excluding carboxylic acids is 1. The zero-order valence-electron chi connectivity index (χ0n) is 13.4. The third kappa shape index (κ3) is 5.30. The Labute approximate surface area is 137 Å². The Morgan fingerprint density at radius 1 is 1.30 bits per heavy atom. The predicted octanol–water partition coefficient (Wildman–Crippen LogP) is 1.27. The SMILES string of the molecule is CS(=O)(=O)c1ccc(NC(=O)CN2CCCC[C@@H]2CCO)cc1. The Balaban J connectivity index is 1.93. The fraction of sp³-hybridized carbons (Fsp3) is 0.562. The molecule has 23 heavy (non-hydrogen) atoms. The van der Waals surface area contributed by atoms with Gasteiger partial charge in [-0.25, -0.2) is 8.42 Å². The van der Waals surface area contributed by atoms with Gasteiger partial charge in [0.1, 0.15) is 0 Å². The number of hydrogen-bond acceptors (Lipinski definition) is 5. The number of nitrogens with zero attached hydrogens (tertiary/aromatic N) is 1. The number of hydrogen-bond donors (Lipinski definition) is 2. The Morgan fingerprint density at radius 3 is 2.61 bits per heavy atom. The molecule has 6 nitrogen and oxygen atoms in total. The van der Waals surface area contributed by atoms with Crippen molar-refractivity contribution in [3.8, 4) is 0 Å². The van der Waals surface area contributed by atoms with E-state index in [0.717, 1.165) is 32.1 Å². The monoisotopic (exact) mass is 340 g/mol. The Bertz CT molecular complexity index is 626. The molecule has 1 saturated heterocycles. The zero-order valence-corrected chi connectivity index (χ0v) is 14.2. The minimum atomic E-state index is -3.23. The molecule has 0 aromatic heterocycles. The molecule has 128 valence electrons. The highest BCUT2D eigenvalue weighted by atomic mass is 32.2. The minimum Gasteiger partial charge on any atom is -0.396 e. The normalized spacial score (nSPS) is 19.5. The second kappa shape index (κ2) is 7.90. The van der Waals surface area contributed by atoms with Gasteiger partial charge in [-0.3, -0.25) is 9.69 Å². The molecular formula is C16H24N2O4S. The van der Waals surface area contributed by atoms with Crippen LogP contribution in [-0.4, -0.2) is 56.3 Å².